The van der Waals surface area contributed by atoms with Gasteiger partial charge in [0.25, 0.3) is 5.56 Å². The molecule has 4 aromatic rings. The largest absolute Gasteiger partial charge is 0.392 e. The van der Waals surface area contributed by atoms with Gasteiger partial charge in [0.2, 0.25) is 0 Å². The zero-order chi connectivity index (χ0) is 16.0. The van der Waals surface area contributed by atoms with E-state index in [2.05, 4.69) is 15.1 Å². The van der Waals surface area contributed by atoms with E-state index in [1.807, 2.05) is 37.3 Å². The smallest absolute Gasteiger partial charge is 0.280 e. The lowest BCUT2D eigenvalue weighted by Gasteiger charge is -2.02. The van der Waals surface area contributed by atoms with Crippen molar-refractivity contribution in [1.82, 2.24) is 19.7 Å². The molecule has 0 unspecified atom stereocenters. The molecule has 3 heterocycles. The monoisotopic (exact) mass is 306 g/mol. The summed E-state index contributed by atoms with van der Waals surface area (Å²) in [6.07, 6.45) is 3.22. The van der Waals surface area contributed by atoms with Gasteiger partial charge < -0.3 is 5.11 Å². The Morgan fingerprint density at radius 3 is 2.74 bits per heavy atom. The van der Waals surface area contributed by atoms with Crippen molar-refractivity contribution in [3.63, 3.8) is 0 Å². The third-order valence-electron chi connectivity index (χ3n) is 3.93. The first-order valence-electron chi connectivity index (χ1n) is 7.23. The highest BCUT2D eigenvalue weighted by molar-refractivity contribution is 6.02. The van der Waals surface area contributed by atoms with E-state index >= 15 is 0 Å². The molecule has 0 radical (unpaired) electrons. The van der Waals surface area contributed by atoms with E-state index in [1.165, 1.54) is 4.68 Å². The summed E-state index contributed by atoms with van der Waals surface area (Å²) >= 11 is 0. The molecule has 2 N–H and O–H groups in total. The lowest BCUT2D eigenvalue weighted by atomic mass is 10.1. The molecule has 0 amide bonds. The topological polar surface area (TPSA) is 83.8 Å². The molecule has 0 aliphatic heterocycles. The SMILES string of the molecule is Cc1ccc(-n2[nH]c3c(cnc4cc(CO)ccc43)c2=O)cn1. The summed E-state index contributed by atoms with van der Waals surface area (Å²) in [5.74, 6) is 0. The van der Waals surface area contributed by atoms with E-state index in [0.29, 0.717) is 11.1 Å². The summed E-state index contributed by atoms with van der Waals surface area (Å²) in [5.41, 5.74) is 3.66. The second-order valence-electron chi connectivity index (χ2n) is 5.47. The molecule has 0 saturated heterocycles. The molecule has 0 atom stereocenters. The summed E-state index contributed by atoms with van der Waals surface area (Å²) in [5, 5.41) is 13.7. The molecule has 6 heteroatoms. The van der Waals surface area contributed by atoms with E-state index in [0.717, 1.165) is 27.7 Å². The van der Waals surface area contributed by atoms with Gasteiger partial charge in [-0.2, -0.15) is 0 Å². The van der Waals surface area contributed by atoms with Gasteiger partial charge in [-0.3, -0.25) is 19.9 Å². The molecule has 23 heavy (non-hydrogen) atoms. The Bertz CT molecular complexity index is 1080. The number of benzene rings is 1. The predicted octanol–water partition coefficient (Wildman–Crippen LogP) is 2.06. The Kier molecular flexibility index (Phi) is 2.99. The number of aryl methyl sites for hydroxylation is 1. The average molecular weight is 306 g/mol. The van der Waals surface area contributed by atoms with Crippen molar-refractivity contribution < 1.29 is 5.11 Å². The third kappa shape index (κ3) is 2.11. The van der Waals surface area contributed by atoms with Gasteiger partial charge in [-0.25, -0.2) is 4.68 Å². The predicted molar refractivity (Wildman–Crippen MR) is 87.7 cm³/mol. The van der Waals surface area contributed by atoms with Gasteiger partial charge in [-0.1, -0.05) is 12.1 Å². The van der Waals surface area contributed by atoms with Gasteiger partial charge in [0.15, 0.2) is 0 Å². The van der Waals surface area contributed by atoms with Crippen LogP contribution in [0.4, 0.5) is 0 Å². The van der Waals surface area contributed by atoms with Crippen LogP contribution in [0.25, 0.3) is 27.5 Å². The van der Waals surface area contributed by atoms with Crippen molar-refractivity contribution in [2.24, 2.45) is 0 Å². The summed E-state index contributed by atoms with van der Waals surface area (Å²) in [7, 11) is 0. The molecule has 0 bridgehead atoms. The molecule has 0 aliphatic carbocycles. The number of pyridine rings is 2. The first kappa shape index (κ1) is 13.7. The minimum Gasteiger partial charge on any atom is -0.392 e. The van der Waals surface area contributed by atoms with Crippen LogP contribution in [-0.4, -0.2) is 24.9 Å². The number of hydrogen-bond acceptors (Lipinski definition) is 4. The second-order valence-corrected chi connectivity index (χ2v) is 5.47. The normalized spacial score (nSPS) is 11.4. The zero-order valence-corrected chi connectivity index (χ0v) is 12.4. The highest BCUT2D eigenvalue weighted by Gasteiger charge is 2.12. The molecule has 0 saturated carbocycles. The number of fused-ring (bicyclic) bond motifs is 3. The second kappa shape index (κ2) is 5.03. The maximum atomic E-state index is 12.6. The Hall–Kier alpha value is -2.99. The van der Waals surface area contributed by atoms with Crippen LogP contribution in [0.2, 0.25) is 0 Å². The lowest BCUT2D eigenvalue weighted by molar-refractivity contribution is 0.282. The molecule has 1 aromatic carbocycles. The van der Waals surface area contributed by atoms with Crippen molar-refractivity contribution in [3.05, 3.63) is 64.3 Å². The molecular formula is C17H14N4O2. The molecule has 114 valence electrons. The summed E-state index contributed by atoms with van der Waals surface area (Å²) < 4.78 is 1.47. The van der Waals surface area contributed by atoms with Gasteiger partial charge in [0.05, 0.1) is 34.9 Å². The molecule has 6 nitrogen and oxygen atoms in total. The number of aromatic nitrogens is 4. The first-order valence-corrected chi connectivity index (χ1v) is 7.23. The van der Waals surface area contributed by atoms with E-state index in [4.69, 9.17) is 0 Å². The number of aliphatic hydroxyl groups excluding tert-OH is 1. The van der Waals surface area contributed by atoms with Crippen LogP contribution >= 0.6 is 0 Å². The Morgan fingerprint density at radius 1 is 1.13 bits per heavy atom. The number of aliphatic hydroxyl groups is 1. The maximum absolute atomic E-state index is 12.6. The van der Waals surface area contributed by atoms with Crippen molar-refractivity contribution in [1.29, 1.82) is 0 Å². The summed E-state index contributed by atoms with van der Waals surface area (Å²) in [6, 6.07) is 9.21. The lowest BCUT2D eigenvalue weighted by Crippen LogP contribution is -2.14. The van der Waals surface area contributed by atoms with Gasteiger partial charge in [0.1, 0.15) is 0 Å². The fourth-order valence-corrected chi connectivity index (χ4v) is 2.68. The first-order chi connectivity index (χ1) is 11.2. The van der Waals surface area contributed by atoms with Crippen LogP contribution in [0.3, 0.4) is 0 Å². The quantitative estimate of drug-likeness (QED) is 0.594. The maximum Gasteiger partial charge on any atom is 0.280 e. The molecule has 3 aromatic heterocycles. The van der Waals surface area contributed by atoms with E-state index in [1.54, 1.807) is 12.4 Å². The highest BCUT2D eigenvalue weighted by atomic mass is 16.3. The summed E-state index contributed by atoms with van der Waals surface area (Å²) in [6.45, 7) is 1.86. The van der Waals surface area contributed by atoms with Gasteiger partial charge in [-0.05, 0) is 30.7 Å². The fraction of sp³-hybridized carbons (Fsp3) is 0.118. The molecule has 0 fully saturated rings. The van der Waals surface area contributed by atoms with Crippen LogP contribution in [-0.2, 0) is 6.61 Å². The van der Waals surface area contributed by atoms with Gasteiger partial charge in [-0.15, -0.1) is 0 Å². The molecule has 0 spiro atoms. The summed E-state index contributed by atoms with van der Waals surface area (Å²) in [4.78, 5) is 21.2. The van der Waals surface area contributed by atoms with Crippen molar-refractivity contribution >= 4 is 21.8 Å². The zero-order valence-electron chi connectivity index (χ0n) is 12.4. The van der Waals surface area contributed by atoms with Crippen molar-refractivity contribution in [2.75, 3.05) is 0 Å². The van der Waals surface area contributed by atoms with Crippen LogP contribution in [0.15, 0.2) is 47.5 Å². The minimum atomic E-state index is -0.161. The van der Waals surface area contributed by atoms with E-state index < -0.39 is 0 Å². The number of rotatable bonds is 2. The number of nitrogens with one attached hydrogen (secondary N) is 1. The number of H-pyrrole nitrogens is 1. The number of hydrogen-bond donors (Lipinski definition) is 2. The standard InChI is InChI=1S/C17H14N4O2/c1-10-2-4-12(7-18-10)21-17(23)14-8-19-15-6-11(9-22)3-5-13(15)16(14)20-21/h2-8,20,22H,9H2,1H3. The molecule has 0 aliphatic rings. The average Bonchev–Trinajstić information content (AvgIpc) is 2.92. The number of nitrogens with zero attached hydrogens (tertiary/aromatic N) is 3. The van der Waals surface area contributed by atoms with Gasteiger partial charge >= 0.3 is 0 Å². The third-order valence-corrected chi connectivity index (χ3v) is 3.93. The number of aromatic amines is 1. The minimum absolute atomic E-state index is 0.0395. The van der Waals surface area contributed by atoms with Gasteiger partial charge in [0, 0.05) is 17.3 Å². The highest BCUT2D eigenvalue weighted by Crippen LogP contribution is 2.22. The Balaban J connectivity index is 2.01. The molecule has 4 rings (SSSR count). The van der Waals surface area contributed by atoms with Crippen molar-refractivity contribution in [3.8, 4) is 5.69 Å². The van der Waals surface area contributed by atoms with Crippen LogP contribution in [0, 0.1) is 6.92 Å². The van der Waals surface area contributed by atoms with E-state index in [9.17, 15) is 9.90 Å². The fourth-order valence-electron chi connectivity index (χ4n) is 2.68. The van der Waals surface area contributed by atoms with Crippen LogP contribution in [0.1, 0.15) is 11.3 Å². The van der Waals surface area contributed by atoms with Crippen molar-refractivity contribution in [2.45, 2.75) is 13.5 Å². The Morgan fingerprint density at radius 2 is 2.00 bits per heavy atom. The van der Waals surface area contributed by atoms with E-state index in [-0.39, 0.29) is 12.2 Å². The Labute approximate surface area is 131 Å². The van der Waals surface area contributed by atoms with Crippen LogP contribution in [0.5, 0.6) is 0 Å². The molecular weight excluding hydrogens is 292 g/mol. The van der Waals surface area contributed by atoms with Crippen LogP contribution < -0.4 is 5.56 Å².